The minimum absolute atomic E-state index is 0.0269. The summed E-state index contributed by atoms with van der Waals surface area (Å²) >= 11 is 0. The first-order chi connectivity index (χ1) is 17.0. The summed E-state index contributed by atoms with van der Waals surface area (Å²) in [4.78, 5) is 21.2. The fourth-order valence-corrected chi connectivity index (χ4v) is 6.26. The van der Waals surface area contributed by atoms with Crippen LogP contribution in [0.15, 0.2) is 71.3 Å². The largest absolute Gasteiger partial charge is 0.459 e. The van der Waals surface area contributed by atoms with Crippen LogP contribution in [0.5, 0.6) is 0 Å². The number of rotatable bonds is 4. The van der Waals surface area contributed by atoms with Crippen LogP contribution in [-0.2, 0) is 6.42 Å². The summed E-state index contributed by atoms with van der Waals surface area (Å²) in [6.07, 6.45) is 2.74. The molecule has 6 rings (SSSR count). The summed E-state index contributed by atoms with van der Waals surface area (Å²) in [7, 11) is 1.84. The highest BCUT2D eigenvalue weighted by Crippen LogP contribution is 2.44. The number of nitrogens with one attached hydrogen (secondary N) is 1. The van der Waals surface area contributed by atoms with Gasteiger partial charge in [0.15, 0.2) is 5.76 Å². The number of furan rings is 1. The Balaban J connectivity index is 1.40. The zero-order valence-corrected chi connectivity index (χ0v) is 20.1. The first kappa shape index (κ1) is 22.1. The predicted molar refractivity (Wildman–Crippen MR) is 136 cm³/mol. The van der Waals surface area contributed by atoms with Gasteiger partial charge in [-0.05, 0) is 54.7 Å². The van der Waals surface area contributed by atoms with Crippen molar-refractivity contribution in [1.29, 1.82) is 0 Å². The van der Waals surface area contributed by atoms with E-state index in [4.69, 9.17) is 4.42 Å². The molecule has 4 aromatic rings. The number of hydrogen-bond acceptors (Lipinski definition) is 4. The van der Waals surface area contributed by atoms with Gasteiger partial charge in [0.05, 0.1) is 18.4 Å². The first-order valence-corrected chi connectivity index (χ1v) is 12.4. The van der Waals surface area contributed by atoms with Gasteiger partial charge in [-0.3, -0.25) is 9.69 Å². The van der Waals surface area contributed by atoms with E-state index in [0.29, 0.717) is 5.76 Å². The summed E-state index contributed by atoms with van der Waals surface area (Å²) in [6.45, 7) is 3.54. The molecule has 1 saturated heterocycles. The number of nitrogens with zero attached hydrogens (tertiary/aromatic N) is 2. The van der Waals surface area contributed by atoms with Gasteiger partial charge in [-0.1, -0.05) is 42.5 Å². The number of carbonyl (C=O) groups excluding carboxylic acids is 1. The molecule has 0 spiro atoms. The van der Waals surface area contributed by atoms with Crippen molar-refractivity contribution in [2.24, 2.45) is 5.92 Å². The molecule has 0 saturated carbocycles. The minimum Gasteiger partial charge on any atom is -0.459 e. The van der Waals surface area contributed by atoms with E-state index in [0.717, 1.165) is 31.4 Å². The van der Waals surface area contributed by atoms with Crippen molar-refractivity contribution in [1.82, 2.24) is 14.8 Å². The zero-order valence-electron chi connectivity index (χ0n) is 20.1. The maximum absolute atomic E-state index is 13.2. The van der Waals surface area contributed by atoms with Gasteiger partial charge in [-0.25, -0.2) is 0 Å². The van der Waals surface area contributed by atoms with E-state index in [1.807, 2.05) is 14.0 Å². The molecule has 0 unspecified atom stereocenters. The number of fused-ring (bicyclic) bond motifs is 5. The number of carbonyl (C=O) groups is 1. The van der Waals surface area contributed by atoms with Crippen LogP contribution in [0.1, 0.15) is 41.2 Å². The average Bonchev–Trinajstić information content (AvgIpc) is 3.56. The van der Waals surface area contributed by atoms with Gasteiger partial charge in [-0.15, -0.1) is 0 Å². The second-order valence-electron chi connectivity index (χ2n) is 9.97. The van der Waals surface area contributed by atoms with Gasteiger partial charge in [0.2, 0.25) is 0 Å². The van der Waals surface area contributed by atoms with Gasteiger partial charge < -0.3 is 19.4 Å². The number of aliphatic hydroxyl groups excluding tert-OH is 1. The van der Waals surface area contributed by atoms with Crippen molar-refractivity contribution in [3.63, 3.8) is 0 Å². The Morgan fingerprint density at radius 2 is 1.97 bits per heavy atom. The third-order valence-electron chi connectivity index (χ3n) is 8.04. The SMILES string of the molecule is C[C@H](O)[C@@H]1CN2CCc3c([nH]c4cccc(-c5ccccc5)c34)[C@@H]2C[C@@H]1N(C)C(=O)c1ccco1. The normalized spacial score (nSPS) is 23.0. The number of piperidine rings is 1. The lowest BCUT2D eigenvalue weighted by molar-refractivity contribution is -0.0245. The molecule has 2 aromatic carbocycles. The lowest BCUT2D eigenvalue weighted by Gasteiger charge is -2.49. The highest BCUT2D eigenvalue weighted by Gasteiger charge is 2.44. The van der Waals surface area contributed by atoms with Crippen molar-refractivity contribution in [3.05, 3.63) is 83.9 Å². The second-order valence-corrected chi connectivity index (χ2v) is 9.97. The number of H-pyrrole nitrogens is 1. The molecule has 2 N–H and O–H groups in total. The Kier molecular flexibility index (Phi) is 5.50. The third-order valence-corrected chi connectivity index (χ3v) is 8.04. The number of aromatic nitrogens is 1. The third kappa shape index (κ3) is 3.68. The maximum atomic E-state index is 13.2. The zero-order chi connectivity index (χ0) is 24.1. The molecule has 2 aliphatic heterocycles. The van der Waals surface area contributed by atoms with Crippen molar-refractivity contribution >= 4 is 16.8 Å². The topological polar surface area (TPSA) is 72.7 Å². The molecule has 1 fully saturated rings. The second kappa shape index (κ2) is 8.70. The van der Waals surface area contributed by atoms with E-state index >= 15 is 0 Å². The molecule has 4 heterocycles. The van der Waals surface area contributed by atoms with E-state index in [1.165, 1.54) is 34.0 Å². The van der Waals surface area contributed by atoms with Crippen molar-refractivity contribution in [3.8, 4) is 11.1 Å². The molecule has 0 aliphatic carbocycles. The Hall–Kier alpha value is -3.35. The van der Waals surface area contributed by atoms with Gasteiger partial charge >= 0.3 is 0 Å². The Labute approximate surface area is 205 Å². The van der Waals surface area contributed by atoms with Crippen LogP contribution in [0, 0.1) is 5.92 Å². The molecule has 2 aliphatic rings. The van der Waals surface area contributed by atoms with E-state index in [2.05, 4.69) is 58.4 Å². The fourth-order valence-electron chi connectivity index (χ4n) is 6.26. The van der Waals surface area contributed by atoms with Crippen LogP contribution in [0.4, 0.5) is 0 Å². The molecule has 6 heteroatoms. The van der Waals surface area contributed by atoms with Crippen LogP contribution in [0.25, 0.3) is 22.0 Å². The van der Waals surface area contributed by atoms with Gasteiger partial charge in [0.25, 0.3) is 5.91 Å². The van der Waals surface area contributed by atoms with Crippen LogP contribution in [0.3, 0.4) is 0 Å². The van der Waals surface area contributed by atoms with E-state index in [9.17, 15) is 9.90 Å². The van der Waals surface area contributed by atoms with Crippen LogP contribution >= 0.6 is 0 Å². The Morgan fingerprint density at radius 1 is 1.14 bits per heavy atom. The lowest BCUT2D eigenvalue weighted by atomic mass is 9.79. The van der Waals surface area contributed by atoms with Gasteiger partial charge in [0.1, 0.15) is 0 Å². The van der Waals surface area contributed by atoms with E-state index in [-0.39, 0.29) is 23.9 Å². The summed E-state index contributed by atoms with van der Waals surface area (Å²) in [5.41, 5.74) is 6.28. The van der Waals surface area contributed by atoms with E-state index in [1.54, 1.807) is 17.0 Å². The quantitative estimate of drug-likeness (QED) is 0.447. The Morgan fingerprint density at radius 3 is 2.71 bits per heavy atom. The van der Waals surface area contributed by atoms with Crippen molar-refractivity contribution in [2.45, 2.75) is 38.0 Å². The van der Waals surface area contributed by atoms with E-state index < -0.39 is 6.10 Å². The summed E-state index contributed by atoms with van der Waals surface area (Å²) in [5, 5.41) is 12.0. The number of aromatic amines is 1. The molecule has 180 valence electrons. The average molecular weight is 470 g/mol. The van der Waals surface area contributed by atoms with Crippen LogP contribution in [-0.4, -0.2) is 58.1 Å². The molecule has 6 nitrogen and oxygen atoms in total. The number of benzene rings is 2. The molecule has 1 amide bonds. The molecular weight excluding hydrogens is 438 g/mol. The van der Waals surface area contributed by atoms with Crippen molar-refractivity contribution in [2.75, 3.05) is 20.1 Å². The monoisotopic (exact) mass is 469 g/mol. The van der Waals surface area contributed by atoms with Crippen LogP contribution in [0.2, 0.25) is 0 Å². The molecule has 0 radical (unpaired) electrons. The molecule has 4 atom stereocenters. The minimum atomic E-state index is -0.512. The van der Waals surface area contributed by atoms with Gasteiger partial charge in [0, 0.05) is 48.7 Å². The summed E-state index contributed by atoms with van der Waals surface area (Å²) < 4.78 is 5.39. The molecular formula is C29H31N3O3. The summed E-state index contributed by atoms with van der Waals surface area (Å²) in [5.74, 6) is 0.167. The molecule has 2 aromatic heterocycles. The predicted octanol–water partition coefficient (Wildman–Crippen LogP) is 4.87. The number of hydrogen-bond donors (Lipinski definition) is 2. The number of amides is 1. The highest BCUT2D eigenvalue weighted by atomic mass is 16.3. The van der Waals surface area contributed by atoms with Crippen LogP contribution < -0.4 is 0 Å². The highest BCUT2D eigenvalue weighted by molar-refractivity contribution is 5.98. The lowest BCUT2D eigenvalue weighted by Crippen LogP contribution is -2.56. The standard InChI is InChI=1S/C29H31N3O3/c1-18(33)22-17-32-14-13-21-27-20(19-8-4-3-5-9-19)10-6-11-23(27)30-28(21)25(32)16-24(22)31(2)29(34)26-12-7-15-35-26/h3-12,15,18,22,24-25,30,33H,13-14,16-17H2,1-2H3/t18-,22-,24-,25-/m0/s1. The maximum Gasteiger partial charge on any atom is 0.289 e. The molecule has 35 heavy (non-hydrogen) atoms. The fraction of sp³-hybridized carbons (Fsp3) is 0.345. The smallest absolute Gasteiger partial charge is 0.289 e. The Bertz CT molecular complexity index is 1340. The summed E-state index contributed by atoms with van der Waals surface area (Å²) in [6, 6.07) is 20.6. The number of aliphatic hydroxyl groups is 1. The molecule has 0 bridgehead atoms. The van der Waals surface area contributed by atoms with Gasteiger partial charge in [-0.2, -0.15) is 0 Å². The first-order valence-electron chi connectivity index (χ1n) is 12.4. The van der Waals surface area contributed by atoms with Crippen molar-refractivity contribution < 1.29 is 14.3 Å².